The number of hydrogen-bond donors (Lipinski definition) is 1. The first-order valence-corrected chi connectivity index (χ1v) is 9.40. The van der Waals surface area contributed by atoms with Crippen molar-refractivity contribution in [2.45, 2.75) is 24.6 Å². The maximum atomic E-state index is 12.2. The zero-order valence-corrected chi connectivity index (χ0v) is 15.1. The second-order valence-electron chi connectivity index (χ2n) is 5.74. The summed E-state index contributed by atoms with van der Waals surface area (Å²) in [5, 5.41) is 14.4. The van der Waals surface area contributed by atoms with Gasteiger partial charge in [0.2, 0.25) is 5.16 Å². The van der Waals surface area contributed by atoms with E-state index >= 15 is 0 Å². The Balaban J connectivity index is 1.38. The maximum Gasteiger partial charge on any atom is 0.230 e. The lowest BCUT2D eigenvalue weighted by atomic mass is 10.1. The van der Waals surface area contributed by atoms with Crippen LogP contribution in [0.15, 0.2) is 59.8 Å². The van der Waals surface area contributed by atoms with E-state index in [1.807, 2.05) is 54.6 Å². The number of thioether (sulfide) groups is 1. The number of rotatable bonds is 10. The molecule has 1 aromatic heterocycles. The Morgan fingerprint density at radius 3 is 2.58 bits per heavy atom. The zero-order chi connectivity index (χ0) is 18.0. The molecule has 0 unspecified atom stereocenters. The standard InChI is InChI=1S/C19H20N4O2S/c24-18(14-25-13-16-5-2-1-3-6-16)17-10-8-15(9-11-17)7-4-12-26-19-20-22-23-21-19/h1-3,5-6,8-11H,4,7,12-14H2,(H,20,21,22,23). The van der Waals surface area contributed by atoms with Gasteiger partial charge in [-0.2, -0.15) is 5.21 Å². The van der Waals surface area contributed by atoms with Crippen molar-refractivity contribution < 1.29 is 9.53 Å². The van der Waals surface area contributed by atoms with Gasteiger partial charge in [-0.05, 0) is 29.2 Å². The molecule has 3 rings (SSSR count). The Morgan fingerprint density at radius 2 is 1.85 bits per heavy atom. The fourth-order valence-corrected chi connectivity index (χ4v) is 3.11. The van der Waals surface area contributed by atoms with E-state index in [-0.39, 0.29) is 12.4 Å². The van der Waals surface area contributed by atoms with Crippen molar-refractivity contribution in [1.29, 1.82) is 0 Å². The number of aromatic nitrogens is 4. The smallest absolute Gasteiger partial charge is 0.230 e. The third-order valence-electron chi connectivity index (χ3n) is 3.79. The van der Waals surface area contributed by atoms with Crippen LogP contribution >= 0.6 is 11.8 Å². The molecule has 0 saturated carbocycles. The molecular formula is C19H20N4O2S. The van der Waals surface area contributed by atoms with Crippen molar-refractivity contribution in [2.75, 3.05) is 12.4 Å². The van der Waals surface area contributed by atoms with Gasteiger partial charge < -0.3 is 4.74 Å². The lowest BCUT2D eigenvalue weighted by Gasteiger charge is -2.05. The summed E-state index contributed by atoms with van der Waals surface area (Å²) in [5.74, 6) is 0.924. The number of ketones is 1. The van der Waals surface area contributed by atoms with Crippen LogP contribution in [0.25, 0.3) is 0 Å². The largest absolute Gasteiger partial charge is 0.369 e. The molecular weight excluding hydrogens is 348 g/mol. The Kier molecular flexibility index (Phi) is 6.92. The molecule has 0 atom stereocenters. The molecule has 2 aromatic carbocycles. The number of hydrogen-bond acceptors (Lipinski definition) is 6. The van der Waals surface area contributed by atoms with Crippen LogP contribution in [0.2, 0.25) is 0 Å². The summed E-state index contributed by atoms with van der Waals surface area (Å²) in [5.41, 5.74) is 2.96. The normalized spacial score (nSPS) is 10.8. The number of nitrogens with one attached hydrogen (secondary N) is 1. The summed E-state index contributed by atoms with van der Waals surface area (Å²) in [6.45, 7) is 0.540. The molecule has 0 spiro atoms. The number of tetrazole rings is 1. The quantitative estimate of drug-likeness (QED) is 0.336. The summed E-state index contributed by atoms with van der Waals surface area (Å²) in [4.78, 5) is 12.2. The van der Waals surface area contributed by atoms with Gasteiger partial charge in [-0.1, -0.05) is 66.4 Å². The van der Waals surface area contributed by atoms with Gasteiger partial charge in [-0.15, -0.1) is 10.2 Å². The molecule has 0 fully saturated rings. The topological polar surface area (TPSA) is 80.8 Å². The van der Waals surface area contributed by atoms with Gasteiger partial charge in [0.15, 0.2) is 5.78 Å². The van der Waals surface area contributed by atoms with Gasteiger partial charge in [0.1, 0.15) is 6.61 Å². The predicted molar refractivity (Wildman–Crippen MR) is 100 cm³/mol. The molecule has 6 nitrogen and oxygen atoms in total. The molecule has 1 heterocycles. The molecule has 26 heavy (non-hydrogen) atoms. The van der Waals surface area contributed by atoms with E-state index in [4.69, 9.17) is 4.74 Å². The minimum atomic E-state index is 0.000133. The Bertz CT molecular complexity index is 792. The van der Waals surface area contributed by atoms with Gasteiger partial charge >= 0.3 is 0 Å². The van der Waals surface area contributed by atoms with E-state index in [2.05, 4.69) is 20.6 Å². The van der Waals surface area contributed by atoms with Gasteiger partial charge in [0, 0.05) is 11.3 Å². The highest BCUT2D eigenvalue weighted by atomic mass is 32.2. The van der Waals surface area contributed by atoms with E-state index < -0.39 is 0 Å². The second-order valence-corrected chi connectivity index (χ2v) is 6.81. The van der Waals surface area contributed by atoms with Crippen LogP contribution in [0.4, 0.5) is 0 Å². The first-order valence-electron chi connectivity index (χ1n) is 8.41. The number of carbonyl (C=O) groups excluding carboxylic acids is 1. The number of Topliss-reactive ketones (excluding diaryl/α,β-unsaturated/α-hetero) is 1. The molecule has 0 saturated heterocycles. The number of nitrogens with zero attached hydrogens (tertiary/aromatic N) is 3. The minimum Gasteiger partial charge on any atom is -0.369 e. The van der Waals surface area contributed by atoms with Crippen LogP contribution in [0, 0.1) is 0 Å². The summed E-state index contributed by atoms with van der Waals surface area (Å²) < 4.78 is 5.51. The molecule has 7 heteroatoms. The third-order valence-corrected chi connectivity index (χ3v) is 4.71. The molecule has 0 radical (unpaired) electrons. The highest BCUT2D eigenvalue weighted by molar-refractivity contribution is 7.99. The minimum absolute atomic E-state index is 0.000133. The maximum absolute atomic E-state index is 12.2. The van der Waals surface area contributed by atoms with Crippen molar-refractivity contribution in [2.24, 2.45) is 0 Å². The highest BCUT2D eigenvalue weighted by Crippen LogP contribution is 2.14. The fraction of sp³-hybridized carbons (Fsp3) is 0.263. The lowest BCUT2D eigenvalue weighted by Crippen LogP contribution is -2.09. The van der Waals surface area contributed by atoms with E-state index in [1.165, 1.54) is 5.56 Å². The van der Waals surface area contributed by atoms with Crippen LogP contribution in [0.5, 0.6) is 0 Å². The average molecular weight is 368 g/mol. The van der Waals surface area contributed by atoms with E-state index in [0.29, 0.717) is 17.3 Å². The number of ether oxygens (including phenoxy) is 1. The molecule has 1 N–H and O–H groups in total. The van der Waals surface area contributed by atoms with Crippen molar-refractivity contribution in [1.82, 2.24) is 20.6 Å². The molecule has 0 bridgehead atoms. The monoisotopic (exact) mass is 368 g/mol. The Hall–Kier alpha value is -2.51. The molecule has 0 amide bonds. The summed E-state index contributed by atoms with van der Waals surface area (Å²) in [6, 6.07) is 17.6. The van der Waals surface area contributed by atoms with Gasteiger partial charge in [-0.25, -0.2) is 0 Å². The molecule has 134 valence electrons. The SMILES string of the molecule is O=C(COCc1ccccc1)c1ccc(CCCSc2nn[nH]n2)cc1. The van der Waals surface area contributed by atoms with Gasteiger partial charge in [0.25, 0.3) is 0 Å². The summed E-state index contributed by atoms with van der Waals surface area (Å²) >= 11 is 1.57. The van der Waals surface area contributed by atoms with Crippen molar-refractivity contribution in [3.05, 3.63) is 71.3 Å². The average Bonchev–Trinajstić information content (AvgIpc) is 3.20. The zero-order valence-electron chi connectivity index (χ0n) is 14.3. The van der Waals surface area contributed by atoms with Crippen molar-refractivity contribution in [3.63, 3.8) is 0 Å². The third kappa shape index (κ3) is 5.79. The number of carbonyl (C=O) groups is 1. The highest BCUT2D eigenvalue weighted by Gasteiger charge is 2.06. The van der Waals surface area contributed by atoms with Crippen LogP contribution in [-0.4, -0.2) is 38.8 Å². The molecule has 0 aliphatic rings. The van der Waals surface area contributed by atoms with Crippen molar-refractivity contribution in [3.8, 4) is 0 Å². The summed E-state index contributed by atoms with van der Waals surface area (Å²) in [7, 11) is 0. The number of aromatic amines is 1. The van der Waals surface area contributed by atoms with E-state index in [0.717, 1.165) is 24.2 Å². The van der Waals surface area contributed by atoms with Crippen molar-refractivity contribution >= 4 is 17.5 Å². The van der Waals surface area contributed by atoms with Crippen LogP contribution in [0.1, 0.15) is 27.9 Å². The van der Waals surface area contributed by atoms with E-state index in [1.54, 1.807) is 11.8 Å². The van der Waals surface area contributed by atoms with E-state index in [9.17, 15) is 4.79 Å². The molecule has 0 aliphatic carbocycles. The Labute approximate surface area is 156 Å². The lowest BCUT2D eigenvalue weighted by molar-refractivity contribution is 0.0726. The molecule has 3 aromatic rings. The summed E-state index contributed by atoms with van der Waals surface area (Å²) in [6.07, 6.45) is 1.95. The Morgan fingerprint density at radius 1 is 1.04 bits per heavy atom. The number of aryl methyl sites for hydroxylation is 1. The van der Waals surface area contributed by atoms with Crippen LogP contribution in [-0.2, 0) is 17.8 Å². The van der Waals surface area contributed by atoms with Gasteiger partial charge in [-0.3, -0.25) is 4.79 Å². The first-order chi connectivity index (χ1) is 12.8. The number of benzene rings is 2. The predicted octanol–water partition coefficient (Wildman–Crippen LogP) is 3.32. The fourth-order valence-electron chi connectivity index (χ4n) is 2.43. The van der Waals surface area contributed by atoms with Crippen LogP contribution < -0.4 is 0 Å². The van der Waals surface area contributed by atoms with Crippen LogP contribution in [0.3, 0.4) is 0 Å². The second kappa shape index (κ2) is 9.84. The molecule has 0 aliphatic heterocycles. The van der Waals surface area contributed by atoms with Gasteiger partial charge in [0.05, 0.1) is 6.61 Å². The first kappa shape index (κ1) is 18.3. The number of H-pyrrole nitrogens is 1.